The summed E-state index contributed by atoms with van der Waals surface area (Å²) < 4.78 is 17.6. The summed E-state index contributed by atoms with van der Waals surface area (Å²) in [7, 11) is 0. The monoisotopic (exact) mass is 268 g/mol. The molecule has 19 heavy (non-hydrogen) atoms. The van der Waals surface area contributed by atoms with E-state index >= 15 is 0 Å². The van der Waals surface area contributed by atoms with Gasteiger partial charge in [-0.15, -0.1) is 0 Å². The van der Waals surface area contributed by atoms with Gasteiger partial charge in [-0.2, -0.15) is 0 Å². The molecule has 1 rings (SSSR count). The fourth-order valence-electron chi connectivity index (χ4n) is 1.46. The molecule has 106 valence electrons. The Morgan fingerprint density at radius 2 is 2.00 bits per heavy atom. The number of nitrogens with one attached hydrogen (secondary N) is 2. The zero-order valence-corrected chi connectivity index (χ0v) is 11.4. The lowest BCUT2D eigenvalue weighted by Gasteiger charge is -2.22. The molecule has 0 fully saturated rings. The Kier molecular flexibility index (Phi) is 6.71. The number of halogens is 1. The summed E-state index contributed by atoms with van der Waals surface area (Å²) in [6.07, 6.45) is 0.173. The molecule has 0 saturated heterocycles. The summed E-state index contributed by atoms with van der Waals surface area (Å²) in [5, 5.41) is 5.35. The quantitative estimate of drug-likeness (QED) is 0.746. The van der Waals surface area contributed by atoms with Gasteiger partial charge in [0, 0.05) is 6.54 Å². The number of hydrogen-bond acceptors (Lipinski definition) is 2. The molecule has 2 atom stereocenters. The van der Waals surface area contributed by atoms with Crippen molar-refractivity contribution in [1.82, 2.24) is 10.6 Å². The van der Waals surface area contributed by atoms with Crippen LogP contribution in [0.1, 0.15) is 20.3 Å². The third kappa shape index (κ3) is 6.08. The third-order valence-corrected chi connectivity index (χ3v) is 2.72. The Morgan fingerprint density at radius 3 is 2.63 bits per heavy atom. The largest absolute Gasteiger partial charge is 0.489 e. The lowest BCUT2D eigenvalue weighted by molar-refractivity contribution is 0.175. The van der Waals surface area contributed by atoms with Crippen LogP contribution in [-0.2, 0) is 0 Å². The molecule has 0 unspecified atom stereocenters. The van der Waals surface area contributed by atoms with E-state index in [1.807, 2.05) is 44.2 Å². The van der Waals surface area contributed by atoms with Crippen LogP contribution in [0.4, 0.5) is 9.18 Å². The molecule has 1 aromatic carbocycles. The summed E-state index contributed by atoms with van der Waals surface area (Å²) in [6, 6.07) is 8.98. The summed E-state index contributed by atoms with van der Waals surface area (Å²) in [5.41, 5.74) is 0. The molecular weight excluding hydrogens is 247 g/mol. The molecule has 0 aromatic heterocycles. The standard InChI is InChI=1S/C14H21FN2O2/c1-11(17-14(18)16-10-6-9-15)12(2)19-13-7-4-3-5-8-13/h3-5,7-8,11-12H,6,9-10H2,1-2H3,(H2,16,17,18)/t11-,12-/m1/s1. The number of ether oxygens (including phenoxy) is 1. The molecule has 5 heteroatoms. The van der Waals surface area contributed by atoms with Crippen molar-refractivity contribution >= 4 is 6.03 Å². The van der Waals surface area contributed by atoms with Gasteiger partial charge < -0.3 is 15.4 Å². The van der Waals surface area contributed by atoms with Crippen LogP contribution in [0.2, 0.25) is 0 Å². The topological polar surface area (TPSA) is 50.4 Å². The molecule has 0 aliphatic rings. The van der Waals surface area contributed by atoms with Gasteiger partial charge in [0.15, 0.2) is 0 Å². The van der Waals surface area contributed by atoms with E-state index < -0.39 is 6.67 Å². The Hall–Kier alpha value is -1.78. The van der Waals surface area contributed by atoms with Crippen LogP contribution >= 0.6 is 0 Å². The second kappa shape index (κ2) is 8.34. The molecule has 0 spiro atoms. The van der Waals surface area contributed by atoms with Gasteiger partial charge in [-0.1, -0.05) is 18.2 Å². The molecular formula is C14H21FN2O2. The maximum atomic E-state index is 11.9. The van der Waals surface area contributed by atoms with Crippen LogP contribution in [0.15, 0.2) is 30.3 Å². The number of carbonyl (C=O) groups excluding carboxylic acids is 1. The molecule has 2 amide bonds. The van der Waals surface area contributed by atoms with Crippen LogP contribution < -0.4 is 15.4 Å². The van der Waals surface area contributed by atoms with Crippen molar-refractivity contribution < 1.29 is 13.9 Å². The molecule has 0 heterocycles. The Balaban J connectivity index is 2.32. The average Bonchev–Trinajstić information content (AvgIpc) is 2.40. The van der Waals surface area contributed by atoms with Gasteiger partial charge in [-0.05, 0) is 32.4 Å². The fourth-order valence-corrected chi connectivity index (χ4v) is 1.46. The zero-order valence-electron chi connectivity index (χ0n) is 11.4. The molecule has 0 aliphatic carbocycles. The number of para-hydroxylation sites is 1. The highest BCUT2D eigenvalue weighted by Crippen LogP contribution is 2.12. The van der Waals surface area contributed by atoms with Gasteiger partial charge >= 0.3 is 6.03 Å². The lowest BCUT2D eigenvalue weighted by Crippen LogP contribution is -2.47. The third-order valence-electron chi connectivity index (χ3n) is 2.72. The fraction of sp³-hybridized carbons (Fsp3) is 0.500. The second-order valence-electron chi connectivity index (χ2n) is 4.37. The minimum Gasteiger partial charge on any atom is -0.489 e. The molecule has 2 N–H and O–H groups in total. The van der Waals surface area contributed by atoms with Crippen molar-refractivity contribution in [2.75, 3.05) is 13.2 Å². The first-order valence-corrected chi connectivity index (χ1v) is 6.45. The highest BCUT2D eigenvalue weighted by atomic mass is 19.1. The van der Waals surface area contributed by atoms with Crippen molar-refractivity contribution in [3.8, 4) is 5.75 Å². The number of alkyl halides is 1. The SMILES string of the molecule is C[C@@H](NC(=O)NCCCF)[C@@H](C)Oc1ccccc1. The Bertz CT molecular complexity index is 373. The van der Waals surface area contributed by atoms with Gasteiger partial charge in [0.05, 0.1) is 12.7 Å². The van der Waals surface area contributed by atoms with Crippen molar-refractivity contribution in [3.05, 3.63) is 30.3 Å². The van der Waals surface area contributed by atoms with E-state index in [2.05, 4.69) is 10.6 Å². The number of amides is 2. The molecule has 0 saturated carbocycles. The highest BCUT2D eigenvalue weighted by molar-refractivity contribution is 5.74. The van der Waals surface area contributed by atoms with Crippen molar-refractivity contribution in [2.24, 2.45) is 0 Å². The van der Waals surface area contributed by atoms with Crippen molar-refractivity contribution in [3.63, 3.8) is 0 Å². The maximum Gasteiger partial charge on any atom is 0.315 e. The average molecular weight is 268 g/mol. The summed E-state index contributed by atoms with van der Waals surface area (Å²) in [4.78, 5) is 11.5. The summed E-state index contributed by atoms with van der Waals surface area (Å²) in [6.45, 7) is 3.66. The first kappa shape index (κ1) is 15.3. The molecule has 1 aromatic rings. The predicted octanol–water partition coefficient (Wildman–Crippen LogP) is 2.50. The van der Waals surface area contributed by atoms with E-state index in [-0.39, 0.29) is 18.2 Å². The normalized spacial score (nSPS) is 13.4. The van der Waals surface area contributed by atoms with Gasteiger partial charge in [0.25, 0.3) is 0 Å². The Morgan fingerprint density at radius 1 is 1.32 bits per heavy atom. The minimum absolute atomic E-state index is 0.148. The van der Waals surface area contributed by atoms with Crippen LogP contribution in [0.25, 0.3) is 0 Å². The smallest absolute Gasteiger partial charge is 0.315 e. The number of benzene rings is 1. The summed E-state index contributed by atoms with van der Waals surface area (Å²) in [5.74, 6) is 0.765. The van der Waals surface area contributed by atoms with Crippen LogP contribution in [0, 0.1) is 0 Å². The molecule has 0 bridgehead atoms. The van der Waals surface area contributed by atoms with Gasteiger partial charge in [-0.3, -0.25) is 4.39 Å². The molecule has 4 nitrogen and oxygen atoms in total. The number of urea groups is 1. The predicted molar refractivity (Wildman–Crippen MR) is 73.1 cm³/mol. The zero-order chi connectivity index (χ0) is 14.1. The minimum atomic E-state index is -0.427. The van der Waals surface area contributed by atoms with Gasteiger partial charge in [0.2, 0.25) is 0 Å². The lowest BCUT2D eigenvalue weighted by atomic mass is 10.2. The van der Waals surface area contributed by atoms with E-state index in [4.69, 9.17) is 4.74 Å². The van der Waals surface area contributed by atoms with Crippen molar-refractivity contribution in [1.29, 1.82) is 0 Å². The number of hydrogen-bond donors (Lipinski definition) is 2. The van der Waals surface area contributed by atoms with E-state index in [9.17, 15) is 9.18 Å². The Labute approximate surface area is 113 Å². The number of rotatable bonds is 7. The van der Waals surface area contributed by atoms with Crippen molar-refractivity contribution in [2.45, 2.75) is 32.4 Å². The van der Waals surface area contributed by atoms with Crippen LogP contribution in [0.5, 0.6) is 5.75 Å². The molecule has 0 aliphatic heterocycles. The first-order chi connectivity index (χ1) is 9.13. The summed E-state index contributed by atoms with van der Waals surface area (Å²) >= 11 is 0. The van der Waals surface area contributed by atoms with Crippen LogP contribution in [0.3, 0.4) is 0 Å². The molecule has 0 radical (unpaired) electrons. The number of carbonyl (C=O) groups is 1. The highest BCUT2D eigenvalue weighted by Gasteiger charge is 2.15. The van der Waals surface area contributed by atoms with Gasteiger partial charge in [0.1, 0.15) is 11.9 Å². The maximum absolute atomic E-state index is 11.9. The van der Waals surface area contributed by atoms with Gasteiger partial charge in [-0.25, -0.2) is 4.79 Å². The first-order valence-electron chi connectivity index (χ1n) is 6.45. The van der Waals surface area contributed by atoms with E-state index in [1.54, 1.807) is 0 Å². The second-order valence-corrected chi connectivity index (χ2v) is 4.37. The van der Waals surface area contributed by atoms with E-state index in [1.165, 1.54) is 0 Å². The van der Waals surface area contributed by atoms with Crippen LogP contribution in [-0.4, -0.2) is 31.4 Å². The van der Waals surface area contributed by atoms with E-state index in [0.29, 0.717) is 13.0 Å². The van der Waals surface area contributed by atoms with E-state index in [0.717, 1.165) is 5.75 Å².